The van der Waals surface area contributed by atoms with Gasteiger partial charge in [0.25, 0.3) is 0 Å². The Bertz CT molecular complexity index is 461. The van der Waals surface area contributed by atoms with Crippen LogP contribution in [0.2, 0.25) is 0 Å². The molecule has 0 atom stereocenters. The summed E-state index contributed by atoms with van der Waals surface area (Å²) in [6.07, 6.45) is 5.60. The summed E-state index contributed by atoms with van der Waals surface area (Å²) in [6, 6.07) is 3.67. The molecule has 7 heteroatoms. The highest BCUT2D eigenvalue weighted by molar-refractivity contribution is 7.78. The lowest BCUT2D eigenvalue weighted by Gasteiger charge is -1.96. The average Bonchev–Trinajstić information content (AvgIpc) is 2.87. The topological polar surface area (TPSA) is 79.9 Å². The first-order valence-corrected chi connectivity index (χ1v) is 5.59. The summed E-state index contributed by atoms with van der Waals surface area (Å²) in [5.74, 6) is 1.17. The van der Waals surface area contributed by atoms with Gasteiger partial charge >= 0.3 is 0 Å². The largest absolute Gasteiger partial charge is 0.470 e. The zero-order valence-corrected chi connectivity index (χ0v) is 10.7. The van der Waals surface area contributed by atoms with Crippen LogP contribution in [0.15, 0.2) is 30.7 Å². The smallest absolute Gasteiger partial charge is 0.211 e. The molecular formula is C11H14N4O2S. The fraction of sp³-hybridized carbons (Fsp3) is 0.182. The predicted molar refractivity (Wildman–Crippen MR) is 71.4 cm³/mol. The van der Waals surface area contributed by atoms with E-state index in [2.05, 4.69) is 32.5 Å². The summed E-state index contributed by atoms with van der Waals surface area (Å²) >= 11 is 3.54. The fourth-order valence-corrected chi connectivity index (χ4v) is 1.16. The van der Waals surface area contributed by atoms with Crippen LogP contribution in [-0.2, 0) is 4.79 Å². The minimum Gasteiger partial charge on any atom is -0.470 e. The third-order valence-corrected chi connectivity index (χ3v) is 1.81. The van der Waals surface area contributed by atoms with E-state index in [0.717, 1.165) is 5.56 Å². The number of thiol groups is 1. The second-order valence-electron chi connectivity index (χ2n) is 3.03. The number of hydrogen-bond donors (Lipinski definition) is 3. The molecule has 6 nitrogen and oxygen atoms in total. The van der Waals surface area contributed by atoms with Crippen LogP contribution in [0.1, 0.15) is 0 Å². The van der Waals surface area contributed by atoms with Crippen LogP contribution in [0.25, 0.3) is 11.4 Å². The van der Waals surface area contributed by atoms with Crippen LogP contribution >= 0.6 is 12.8 Å². The quantitative estimate of drug-likeness (QED) is 0.570. The Labute approximate surface area is 110 Å². The fourth-order valence-electron chi connectivity index (χ4n) is 1.16. The molecule has 0 radical (unpaired) electrons. The molecule has 2 aromatic rings. The summed E-state index contributed by atoms with van der Waals surface area (Å²) in [6.45, 7) is 0.0258. The molecule has 0 aliphatic rings. The molecule has 0 aliphatic carbocycles. The molecule has 0 saturated carbocycles. The Morgan fingerprint density at radius 3 is 2.78 bits per heavy atom. The van der Waals surface area contributed by atoms with Crippen molar-refractivity contribution in [2.45, 2.75) is 0 Å². The van der Waals surface area contributed by atoms with E-state index in [-0.39, 0.29) is 6.61 Å². The van der Waals surface area contributed by atoms with Gasteiger partial charge in [-0.3, -0.25) is 14.5 Å². The SMILES string of the molecule is CNS.O=CCOc1cnc(-c2ccncc2)[nH]1. The van der Waals surface area contributed by atoms with E-state index < -0.39 is 0 Å². The molecule has 2 heterocycles. The first-order chi connectivity index (χ1) is 8.81. The molecule has 2 rings (SSSR count). The van der Waals surface area contributed by atoms with E-state index in [1.54, 1.807) is 25.6 Å². The van der Waals surface area contributed by atoms with E-state index in [9.17, 15) is 4.79 Å². The maximum Gasteiger partial charge on any atom is 0.211 e. The van der Waals surface area contributed by atoms with Gasteiger partial charge in [-0.2, -0.15) is 0 Å². The first-order valence-electron chi connectivity index (χ1n) is 5.14. The van der Waals surface area contributed by atoms with Crippen molar-refractivity contribution in [2.24, 2.45) is 0 Å². The summed E-state index contributed by atoms with van der Waals surface area (Å²) < 4.78 is 7.50. The number of carbonyl (C=O) groups excluding carboxylic acids is 1. The Morgan fingerprint density at radius 1 is 1.50 bits per heavy atom. The molecule has 0 aliphatic heterocycles. The number of pyridine rings is 1. The molecule has 0 aromatic carbocycles. The van der Waals surface area contributed by atoms with Crippen molar-refractivity contribution in [3.8, 4) is 17.3 Å². The molecule has 0 saturated heterocycles. The van der Waals surface area contributed by atoms with Crippen LogP contribution in [0.4, 0.5) is 0 Å². The predicted octanol–water partition coefficient (Wildman–Crippen LogP) is 1.10. The highest BCUT2D eigenvalue weighted by Gasteiger charge is 2.02. The van der Waals surface area contributed by atoms with Crippen molar-refractivity contribution in [3.05, 3.63) is 30.7 Å². The van der Waals surface area contributed by atoms with Gasteiger partial charge in [0.2, 0.25) is 5.88 Å². The summed E-state index contributed by atoms with van der Waals surface area (Å²) in [7, 11) is 1.74. The standard InChI is InChI=1S/C10H9N3O2.CH5NS/c14-5-6-15-9-7-12-10(13-9)8-1-3-11-4-2-8;1-2-3/h1-5,7H,6H2,(H,12,13);2-3H,1H3. The number of aldehydes is 1. The molecule has 2 aromatic heterocycles. The van der Waals surface area contributed by atoms with Gasteiger partial charge in [0.15, 0.2) is 6.29 Å². The van der Waals surface area contributed by atoms with Gasteiger partial charge in [-0.15, -0.1) is 0 Å². The third-order valence-electron chi connectivity index (χ3n) is 1.81. The highest BCUT2D eigenvalue weighted by Crippen LogP contribution is 2.17. The molecule has 0 fully saturated rings. The minimum absolute atomic E-state index is 0.0258. The summed E-state index contributed by atoms with van der Waals surface area (Å²) in [5, 5.41) is 0. The maximum absolute atomic E-state index is 10.1. The van der Waals surface area contributed by atoms with Gasteiger partial charge in [-0.05, 0) is 19.2 Å². The third kappa shape index (κ3) is 4.56. The number of ether oxygens (including phenoxy) is 1. The Balaban J connectivity index is 0.000000492. The molecule has 18 heavy (non-hydrogen) atoms. The number of H-pyrrole nitrogens is 1. The first kappa shape index (κ1) is 14.2. The molecule has 0 bridgehead atoms. The van der Waals surface area contributed by atoms with Crippen LogP contribution < -0.4 is 9.46 Å². The van der Waals surface area contributed by atoms with Gasteiger partial charge in [0.05, 0.1) is 6.20 Å². The van der Waals surface area contributed by atoms with Crippen molar-refractivity contribution in [3.63, 3.8) is 0 Å². The van der Waals surface area contributed by atoms with Crippen molar-refractivity contribution in [2.75, 3.05) is 13.7 Å². The van der Waals surface area contributed by atoms with E-state index in [4.69, 9.17) is 4.74 Å². The van der Waals surface area contributed by atoms with Crippen molar-refractivity contribution >= 4 is 19.1 Å². The van der Waals surface area contributed by atoms with Crippen molar-refractivity contribution in [1.82, 2.24) is 19.7 Å². The summed E-state index contributed by atoms with van der Waals surface area (Å²) in [4.78, 5) is 21.1. The number of aromatic amines is 1. The van der Waals surface area contributed by atoms with Crippen LogP contribution in [-0.4, -0.2) is 34.9 Å². The van der Waals surface area contributed by atoms with E-state index in [1.165, 1.54) is 0 Å². The lowest BCUT2D eigenvalue weighted by atomic mass is 10.3. The van der Waals surface area contributed by atoms with Crippen LogP contribution in [0.3, 0.4) is 0 Å². The average molecular weight is 266 g/mol. The second kappa shape index (κ2) is 8.26. The Kier molecular flexibility index (Phi) is 6.52. The van der Waals surface area contributed by atoms with Gasteiger partial charge in [-0.1, -0.05) is 12.8 Å². The molecule has 96 valence electrons. The summed E-state index contributed by atoms with van der Waals surface area (Å²) in [5.41, 5.74) is 0.922. The molecule has 0 unspecified atom stereocenters. The zero-order chi connectivity index (χ0) is 13.2. The number of hydrogen-bond acceptors (Lipinski definition) is 6. The Hall–Kier alpha value is -1.86. The second-order valence-corrected chi connectivity index (χ2v) is 3.48. The number of carbonyl (C=O) groups is 1. The number of imidazole rings is 1. The number of rotatable bonds is 4. The van der Waals surface area contributed by atoms with Crippen LogP contribution in [0.5, 0.6) is 5.88 Å². The number of nitrogens with zero attached hydrogens (tertiary/aromatic N) is 2. The molecule has 2 N–H and O–H groups in total. The van der Waals surface area contributed by atoms with Crippen molar-refractivity contribution < 1.29 is 9.53 Å². The number of aromatic nitrogens is 3. The monoisotopic (exact) mass is 266 g/mol. The lowest BCUT2D eigenvalue weighted by molar-refractivity contribution is -0.109. The van der Waals surface area contributed by atoms with Gasteiger partial charge in [0, 0.05) is 18.0 Å². The Morgan fingerprint density at radius 2 is 2.17 bits per heavy atom. The van der Waals surface area contributed by atoms with E-state index in [1.807, 2.05) is 12.1 Å². The van der Waals surface area contributed by atoms with Gasteiger partial charge in [0.1, 0.15) is 12.4 Å². The van der Waals surface area contributed by atoms with Crippen molar-refractivity contribution in [1.29, 1.82) is 0 Å². The molecule has 0 amide bonds. The molecule has 0 spiro atoms. The van der Waals surface area contributed by atoms with Gasteiger partial charge in [-0.25, -0.2) is 4.98 Å². The van der Waals surface area contributed by atoms with E-state index in [0.29, 0.717) is 18.0 Å². The highest BCUT2D eigenvalue weighted by atomic mass is 32.1. The van der Waals surface area contributed by atoms with Gasteiger partial charge < -0.3 is 9.72 Å². The normalized spacial score (nSPS) is 9.22. The minimum atomic E-state index is 0.0258. The maximum atomic E-state index is 10.1. The molecular weight excluding hydrogens is 252 g/mol. The number of nitrogens with one attached hydrogen (secondary N) is 2. The van der Waals surface area contributed by atoms with E-state index >= 15 is 0 Å². The van der Waals surface area contributed by atoms with Crippen LogP contribution in [0, 0.1) is 0 Å². The lowest BCUT2D eigenvalue weighted by Crippen LogP contribution is -1.97. The zero-order valence-electron chi connectivity index (χ0n) is 9.83.